The summed E-state index contributed by atoms with van der Waals surface area (Å²) >= 11 is 0. The van der Waals surface area contributed by atoms with Gasteiger partial charge in [0.2, 0.25) is 11.8 Å². The minimum Gasteiger partial charge on any atom is -0.481 e. The van der Waals surface area contributed by atoms with Crippen molar-refractivity contribution in [2.75, 3.05) is 25.5 Å². The molecule has 0 radical (unpaired) electrons. The maximum atomic E-state index is 12.7. The number of hydrogen-bond donors (Lipinski definition) is 1. The molecule has 1 unspecified atom stereocenters. The molecule has 3 heterocycles. The third kappa shape index (κ3) is 5.80. The third-order valence-electron chi connectivity index (χ3n) is 6.52. The van der Waals surface area contributed by atoms with E-state index >= 15 is 0 Å². The highest BCUT2D eigenvalue weighted by atomic mass is 16.5. The molecule has 0 bridgehead atoms. The number of urea groups is 1. The van der Waals surface area contributed by atoms with Crippen LogP contribution in [0.2, 0.25) is 0 Å². The van der Waals surface area contributed by atoms with Crippen molar-refractivity contribution in [1.29, 1.82) is 0 Å². The minimum atomic E-state index is -0.113. The predicted octanol–water partition coefficient (Wildman–Crippen LogP) is 6.11. The van der Waals surface area contributed by atoms with Gasteiger partial charge in [-0.05, 0) is 60.4 Å². The minimum absolute atomic E-state index is 0.113. The smallest absolute Gasteiger partial charge is 0.321 e. The van der Waals surface area contributed by atoms with Crippen molar-refractivity contribution in [3.8, 4) is 17.5 Å². The van der Waals surface area contributed by atoms with Gasteiger partial charge in [0.15, 0.2) is 0 Å². The van der Waals surface area contributed by atoms with Gasteiger partial charge in [0.1, 0.15) is 5.75 Å². The molecule has 2 amide bonds. The largest absolute Gasteiger partial charge is 0.481 e. The van der Waals surface area contributed by atoms with Gasteiger partial charge in [-0.15, -0.1) is 0 Å². The third-order valence-corrected chi connectivity index (χ3v) is 6.52. The summed E-state index contributed by atoms with van der Waals surface area (Å²) in [5, 5.41) is 2.92. The average Bonchev–Trinajstić information content (AvgIpc) is 3.72. The lowest BCUT2D eigenvalue weighted by Gasteiger charge is -2.33. The van der Waals surface area contributed by atoms with Gasteiger partial charge in [-0.2, -0.15) is 0 Å². The van der Waals surface area contributed by atoms with Crippen molar-refractivity contribution >= 4 is 17.8 Å². The lowest BCUT2D eigenvalue weighted by Crippen LogP contribution is -2.42. The molecule has 1 atom stereocenters. The van der Waals surface area contributed by atoms with E-state index < -0.39 is 0 Å². The van der Waals surface area contributed by atoms with Gasteiger partial charge in [0, 0.05) is 31.4 Å². The fourth-order valence-corrected chi connectivity index (χ4v) is 4.34. The van der Waals surface area contributed by atoms with Crippen LogP contribution < -0.4 is 14.8 Å². The zero-order chi connectivity index (χ0) is 24.2. The Morgan fingerprint density at radius 3 is 2.60 bits per heavy atom. The molecule has 1 aliphatic heterocycles. The maximum absolute atomic E-state index is 12.7. The first-order chi connectivity index (χ1) is 17.1. The van der Waals surface area contributed by atoms with E-state index in [1.807, 2.05) is 35.4 Å². The number of pyridine rings is 2. The first-order valence-electron chi connectivity index (χ1n) is 12.1. The highest BCUT2D eigenvalue weighted by Crippen LogP contribution is 2.40. The van der Waals surface area contributed by atoms with Crippen LogP contribution in [0.4, 0.5) is 10.5 Å². The summed E-state index contributed by atoms with van der Waals surface area (Å²) < 4.78 is 11.1. The van der Waals surface area contributed by atoms with Crippen LogP contribution in [-0.4, -0.2) is 41.1 Å². The van der Waals surface area contributed by atoms with Gasteiger partial charge in [-0.1, -0.05) is 36.8 Å². The Morgan fingerprint density at radius 2 is 1.91 bits per heavy atom. The van der Waals surface area contributed by atoms with Crippen LogP contribution in [0.5, 0.6) is 17.5 Å². The molecule has 0 spiro atoms. The lowest BCUT2D eigenvalue weighted by atomic mass is 9.91. The van der Waals surface area contributed by atoms with Gasteiger partial charge in [0.05, 0.1) is 19.0 Å². The Balaban J connectivity index is 1.19. The summed E-state index contributed by atoms with van der Waals surface area (Å²) in [7, 11) is 1.56. The van der Waals surface area contributed by atoms with Crippen molar-refractivity contribution in [3.05, 3.63) is 77.6 Å². The van der Waals surface area contributed by atoms with E-state index in [1.54, 1.807) is 25.4 Å². The number of methoxy groups -OCH3 is 1. The molecule has 1 saturated carbocycles. The number of piperidine rings is 1. The van der Waals surface area contributed by atoms with Crippen LogP contribution in [0, 0.1) is 5.92 Å². The van der Waals surface area contributed by atoms with Crippen LogP contribution >= 0.6 is 0 Å². The molecule has 1 aliphatic carbocycles. The van der Waals surface area contributed by atoms with E-state index in [0.717, 1.165) is 17.7 Å². The Kier molecular flexibility index (Phi) is 6.66. The molecule has 7 nitrogen and oxygen atoms in total. The number of hydrogen-bond acceptors (Lipinski definition) is 5. The second-order valence-corrected chi connectivity index (χ2v) is 9.21. The Morgan fingerprint density at radius 1 is 1.09 bits per heavy atom. The summed E-state index contributed by atoms with van der Waals surface area (Å²) in [6.45, 7) is 3.49. The molecule has 1 N–H and O–H groups in total. The maximum Gasteiger partial charge on any atom is 0.321 e. The molecule has 35 heavy (non-hydrogen) atoms. The first-order valence-corrected chi connectivity index (χ1v) is 12.1. The van der Waals surface area contributed by atoms with Gasteiger partial charge in [-0.25, -0.2) is 14.8 Å². The number of carbonyl (C=O) groups excluding carboxylic acids is 1. The number of likely N-dealkylation sites (tertiary alicyclic amines) is 1. The van der Waals surface area contributed by atoms with Crippen LogP contribution in [0.1, 0.15) is 43.2 Å². The van der Waals surface area contributed by atoms with E-state index in [2.05, 4.69) is 40.4 Å². The highest BCUT2D eigenvalue weighted by Gasteiger charge is 2.25. The molecule has 1 aromatic carbocycles. The van der Waals surface area contributed by atoms with Gasteiger partial charge >= 0.3 is 6.03 Å². The number of anilines is 1. The molecule has 1 saturated heterocycles. The topological polar surface area (TPSA) is 76.6 Å². The SMILES string of the molecule is COc1ccc(NC(=O)N2CCC(=Cc3cccc(Oc4ccc(C5CC5)cn4)c3)C(C)C2)cn1. The van der Waals surface area contributed by atoms with Crippen molar-refractivity contribution < 1.29 is 14.3 Å². The molecule has 5 rings (SSSR count). The van der Waals surface area contributed by atoms with E-state index in [-0.39, 0.29) is 11.9 Å². The Labute approximate surface area is 205 Å². The highest BCUT2D eigenvalue weighted by molar-refractivity contribution is 5.89. The summed E-state index contributed by atoms with van der Waals surface area (Å²) in [6.07, 6.45) is 9.09. The molecule has 3 aromatic rings. The molecular formula is C28H30N4O3. The van der Waals surface area contributed by atoms with Gasteiger partial charge in [-0.3, -0.25) is 0 Å². The molecule has 180 valence electrons. The molecule has 2 fully saturated rings. The molecule has 2 aliphatic rings. The number of rotatable bonds is 6. The monoisotopic (exact) mass is 470 g/mol. The quantitative estimate of drug-likeness (QED) is 0.470. The van der Waals surface area contributed by atoms with Crippen LogP contribution in [0.3, 0.4) is 0 Å². The summed E-state index contributed by atoms with van der Waals surface area (Å²) in [6, 6.07) is 15.5. The van der Waals surface area contributed by atoms with Gasteiger partial charge < -0.3 is 19.7 Å². The van der Waals surface area contributed by atoms with Crippen LogP contribution in [-0.2, 0) is 0 Å². The number of benzene rings is 1. The number of nitrogens with zero attached hydrogens (tertiary/aromatic N) is 3. The zero-order valence-electron chi connectivity index (χ0n) is 20.1. The second-order valence-electron chi connectivity index (χ2n) is 9.21. The van der Waals surface area contributed by atoms with E-state index in [0.29, 0.717) is 36.5 Å². The molecular weight excluding hydrogens is 440 g/mol. The number of nitrogens with one attached hydrogen (secondary N) is 1. The summed E-state index contributed by atoms with van der Waals surface area (Å²) in [5.74, 6) is 2.83. The summed E-state index contributed by atoms with van der Waals surface area (Å²) in [5.41, 5.74) is 4.36. The van der Waals surface area contributed by atoms with Crippen molar-refractivity contribution in [1.82, 2.24) is 14.9 Å². The fourth-order valence-electron chi connectivity index (χ4n) is 4.34. The lowest BCUT2D eigenvalue weighted by molar-refractivity contribution is 0.198. The molecule has 7 heteroatoms. The van der Waals surface area contributed by atoms with Gasteiger partial charge in [0.25, 0.3) is 0 Å². The normalized spacial score (nSPS) is 18.9. The first kappa shape index (κ1) is 22.9. The Hall–Kier alpha value is -3.87. The number of aromatic nitrogens is 2. The van der Waals surface area contributed by atoms with Crippen molar-refractivity contribution in [2.45, 2.75) is 32.1 Å². The van der Waals surface area contributed by atoms with E-state index in [4.69, 9.17) is 9.47 Å². The zero-order valence-corrected chi connectivity index (χ0v) is 20.1. The van der Waals surface area contributed by atoms with E-state index in [9.17, 15) is 4.79 Å². The second kappa shape index (κ2) is 10.2. The average molecular weight is 471 g/mol. The number of ether oxygens (including phenoxy) is 2. The fraction of sp³-hybridized carbons (Fsp3) is 0.321. The van der Waals surface area contributed by atoms with Crippen LogP contribution in [0.15, 0.2) is 66.5 Å². The Bertz CT molecular complexity index is 1200. The predicted molar refractivity (Wildman–Crippen MR) is 136 cm³/mol. The standard InChI is InChI=1S/C28H30N4O3/c1-19-18-32(28(33)31-24-9-11-26(34-2)30-17-24)13-12-22(19)14-20-4-3-5-25(15-20)35-27-10-8-23(16-29-27)21-6-7-21/h3-5,8-11,14-17,19,21H,6-7,12-13,18H2,1-2H3,(H,31,33). The van der Waals surface area contributed by atoms with Crippen LogP contribution in [0.25, 0.3) is 6.08 Å². The molecule has 2 aromatic heterocycles. The summed E-state index contributed by atoms with van der Waals surface area (Å²) in [4.78, 5) is 23.2. The number of carbonyl (C=O) groups is 1. The van der Waals surface area contributed by atoms with Crippen molar-refractivity contribution in [3.63, 3.8) is 0 Å². The number of amides is 2. The van der Waals surface area contributed by atoms with Crippen molar-refractivity contribution in [2.24, 2.45) is 5.92 Å². The van der Waals surface area contributed by atoms with E-state index in [1.165, 1.54) is 24.0 Å².